The zero-order valence-electron chi connectivity index (χ0n) is 21.1. The SMILES string of the molecule is CC(C)(C)OC(=O)C1C2CC(=O)C(C)(C)c3cccc(c32)N1C(c1ccccc1)c1ccccc1. The predicted molar refractivity (Wildman–Crippen MR) is 139 cm³/mol. The highest BCUT2D eigenvalue weighted by molar-refractivity contribution is 5.97. The molecule has 1 aliphatic heterocycles. The van der Waals surface area contributed by atoms with E-state index in [0.717, 1.165) is 27.9 Å². The van der Waals surface area contributed by atoms with Gasteiger partial charge in [0.05, 0.1) is 6.04 Å². The molecule has 4 heteroatoms. The summed E-state index contributed by atoms with van der Waals surface area (Å²) in [5, 5.41) is 0. The monoisotopic (exact) mass is 467 g/mol. The molecule has 2 atom stereocenters. The fourth-order valence-electron chi connectivity index (χ4n) is 5.76. The second kappa shape index (κ2) is 8.37. The van der Waals surface area contributed by atoms with E-state index in [1.54, 1.807) is 0 Å². The number of rotatable bonds is 4. The van der Waals surface area contributed by atoms with Crippen LogP contribution in [0.25, 0.3) is 0 Å². The minimum Gasteiger partial charge on any atom is -0.458 e. The third kappa shape index (κ3) is 3.95. The van der Waals surface area contributed by atoms with Gasteiger partial charge in [0, 0.05) is 23.4 Å². The molecule has 0 bridgehead atoms. The van der Waals surface area contributed by atoms with E-state index in [-0.39, 0.29) is 23.7 Å². The molecule has 0 fully saturated rings. The average Bonchev–Trinajstić information content (AvgIpc) is 3.13. The maximum Gasteiger partial charge on any atom is 0.329 e. The van der Waals surface area contributed by atoms with Gasteiger partial charge in [-0.1, -0.05) is 72.8 Å². The van der Waals surface area contributed by atoms with Crippen molar-refractivity contribution in [2.45, 2.75) is 70.1 Å². The van der Waals surface area contributed by atoms with Gasteiger partial charge >= 0.3 is 5.97 Å². The molecular formula is C31H33NO3. The molecule has 2 unspecified atom stereocenters. The van der Waals surface area contributed by atoms with Gasteiger partial charge in [-0.25, -0.2) is 4.79 Å². The molecule has 1 heterocycles. The van der Waals surface area contributed by atoms with E-state index in [1.165, 1.54) is 0 Å². The van der Waals surface area contributed by atoms with E-state index in [2.05, 4.69) is 41.3 Å². The minimum absolute atomic E-state index is 0.165. The highest BCUT2D eigenvalue weighted by Crippen LogP contribution is 2.55. The number of anilines is 1. The fraction of sp³-hybridized carbons (Fsp3) is 0.355. The van der Waals surface area contributed by atoms with Gasteiger partial charge in [-0.15, -0.1) is 0 Å². The van der Waals surface area contributed by atoms with Crippen molar-refractivity contribution in [2.75, 3.05) is 4.90 Å². The van der Waals surface area contributed by atoms with Crippen molar-refractivity contribution in [3.05, 3.63) is 101 Å². The summed E-state index contributed by atoms with van der Waals surface area (Å²) < 4.78 is 6.00. The number of benzene rings is 3. The fourth-order valence-corrected chi connectivity index (χ4v) is 5.76. The van der Waals surface area contributed by atoms with Crippen LogP contribution in [0.3, 0.4) is 0 Å². The van der Waals surface area contributed by atoms with Crippen LogP contribution in [0.15, 0.2) is 78.9 Å². The van der Waals surface area contributed by atoms with E-state index in [0.29, 0.717) is 6.42 Å². The number of Topliss-reactive ketones (excluding diaryl/α,β-unsaturated/α-hetero) is 1. The van der Waals surface area contributed by atoms with Gasteiger partial charge in [0.15, 0.2) is 0 Å². The van der Waals surface area contributed by atoms with Crippen molar-refractivity contribution in [1.82, 2.24) is 0 Å². The number of ketones is 1. The number of carbonyl (C=O) groups excluding carboxylic acids is 2. The lowest BCUT2D eigenvalue weighted by Crippen LogP contribution is -2.48. The summed E-state index contributed by atoms with van der Waals surface area (Å²) in [6.45, 7) is 9.67. The molecule has 2 aliphatic rings. The van der Waals surface area contributed by atoms with Crippen LogP contribution in [0, 0.1) is 0 Å². The first-order valence-corrected chi connectivity index (χ1v) is 12.4. The molecule has 0 spiro atoms. The van der Waals surface area contributed by atoms with Gasteiger partial charge in [0.25, 0.3) is 0 Å². The molecule has 180 valence electrons. The predicted octanol–water partition coefficient (Wildman–Crippen LogP) is 6.34. The van der Waals surface area contributed by atoms with Gasteiger partial charge in [-0.05, 0) is 62.9 Å². The molecule has 0 N–H and O–H groups in total. The topological polar surface area (TPSA) is 46.6 Å². The van der Waals surface area contributed by atoms with Crippen LogP contribution >= 0.6 is 0 Å². The van der Waals surface area contributed by atoms with Gasteiger partial charge in [0.2, 0.25) is 0 Å². The van der Waals surface area contributed by atoms with Crippen molar-refractivity contribution >= 4 is 17.4 Å². The molecule has 3 aromatic rings. The van der Waals surface area contributed by atoms with Gasteiger partial charge < -0.3 is 9.64 Å². The Morgan fingerprint density at radius 1 is 0.914 bits per heavy atom. The van der Waals surface area contributed by atoms with Crippen LogP contribution in [0.1, 0.15) is 75.3 Å². The second-order valence-corrected chi connectivity index (χ2v) is 11.2. The zero-order valence-corrected chi connectivity index (χ0v) is 21.1. The maximum atomic E-state index is 13.9. The Kier molecular flexibility index (Phi) is 5.58. The molecule has 0 aromatic heterocycles. The minimum atomic E-state index is -0.632. The Hall–Kier alpha value is -3.40. The zero-order chi connectivity index (χ0) is 25.0. The molecule has 1 aliphatic carbocycles. The summed E-state index contributed by atoms with van der Waals surface area (Å²) in [6, 6.07) is 25.9. The third-order valence-corrected chi connectivity index (χ3v) is 7.35. The van der Waals surface area contributed by atoms with Crippen LogP contribution < -0.4 is 4.90 Å². The van der Waals surface area contributed by atoms with Crippen molar-refractivity contribution in [3.63, 3.8) is 0 Å². The van der Waals surface area contributed by atoms with Crippen LogP contribution in [0.4, 0.5) is 5.69 Å². The van der Waals surface area contributed by atoms with Crippen molar-refractivity contribution in [1.29, 1.82) is 0 Å². The number of esters is 1. The molecule has 0 amide bonds. The van der Waals surface area contributed by atoms with Crippen LogP contribution in [-0.2, 0) is 19.7 Å². The second-order valence-electron chi connectivity index (χ2n) is 11.2. The molecule has 4 nitrogen and oxygen atoms in total. The Labute approximate surface area is 207 Å². The molecule has 0 radical (unpaired) electrons. The van der Waals surface area contributed by atoms with Gasteiger partial charge in [-0.2, -0.15) is 0 Å². The van der Waals surface area contributed by atoms with Crippen LogP contribution in [0.2, 0.25) is 0 Å². The van der Waals surface area contributed by atoms with E-state index in [9.17, 15) is 9.59 Å². The Morgan fingerprint density at radius 2 is 1.49 bits per heavy atom. The number of carbonyl (C=O) groups is 2. The molecule has 35 heavy (non-hydrogen) atoms. The summed E-state index contributed by atoms with van der Waals surface area (Å²) in [6.07, 6.45) is 0.327. The maximum absolute atomic E-state index is 13.9. The van der Waals surface area contributed by atoms with Gasteiger partial charge in [0.1, 0.15) is 17.4 Å². The molecule has 0 saturated heterocycles. The lowest BCUT2D eigenvalue weighted by Gasteiger charge is -2.38. The van der Waals surface area contributed by atoms with E-state index in [1.807, 2.05) is 77.1 Å². The van der Waals surface area contributed by atoms with E-state index < -0.39 is 17.1 Å². The van der Waals surface area contributed by atoms with Crippen molar-refractivity contribution in [3.8, 4) is 0 Å². The van der Waals surface area contributed by atoms with Crippen LogP contribution in [-0.4, -0.2) is 23.4 Å². The smallest absolute Gasteiger partial charge is 0.329 e. The van der Waals surface area contributed by atoms with Crippen LogP contribution in [0.5, 0.6) is 0 Å². The third-order valence-electron chi connectivity index (χ3n) is 7.35. The van der Waals surface area contributed by atoms with E-state index >= 15 is 0 Å². The van der Waals surface area contributed by atoms with Crippen molar-refractivity contribution < 1.29 is 14.3 Å². The Bertz CT molecular complexity index is 1220. The summed E-state index contributed by atoms with van der Waals surface area (Å²) in [7, 11) is 0. The van der Waals surface area contributed by atoms with Gasteiger partial charge in [-0.3, -0.25) is 4.79 Å². The average molecular weight is 468 g/mol. The van der Waals surface area contributed by atoms with Crippen molar-refractivity contribution in [2.24, 2.45) is 0 Å². The highest BCUT2D eigenvalue weighted by Gasteiger charge is 2.54. The summed E-state index contributed by atoms with van der Waals surface area (Å²) in [5.41, 5.74) is 4.11. The number of hydrogen-bond acceptors (Lipinski definition) is 4. The first-order chi connectivity index (χ1) is 16.6. The molecule has 0 saturated carbocycles. The normalized spacial score (nSPS) is 20.6. The Morgan fingerprint density at radius 3 is 2.03 bits per heavy atom. The first kappa shape index (κ1) is 23.3. The standard InChI is InChI=1S/C31H33NO3/c1-30(2,3)35-29(34)28-22-19-25(33)31(4,5)23-17-12-18-24(26(22)23)32(28)27(20-13-8-6-9-14-20)21-15-10-7-11-16-21/h6-18,22,27-28H,19H2,1-5H3. The summed E-state index contributed by atoms with van der Waals surface area (Å²) >= 11 is 0. The number of hydrogen-bond donors (Lipinski definition) is 0. The lowest BCUT2D eigenvalue weighted by atomic mass is 9.67. The largest absolute Gasteiger partial charge is 0.458 e. The summed E-state index contributed by atoms with van der Waals surface area (Å²) in [5.74, 6) is -0.362. The Balaban J connectivity index is 1.76. The highest BCUT2D eigenvalue weighted by atomic mass is 16.6. The number of ether oxygens (including phenoxy) is 1. The molecule has 5 rings (SSSR count). The molecule has 3 aromatic carbocycles. The number of nitrogens with zero attached hydrogens (tertiary/aromatic N) is 1. The lowest BCUT2D eigenvalue weighted by molar-refractivity contribution is -0.157. The molecular weight excluding hydrogens is 434 g/mol. The van der Waals surface area contributed by atoms with E-state index in [4.69, 9.17) is 4.74 Å². The first-order valence-electron chi connectivity index (χ1n) is 12.4. The summed E-state index contributed by atoms with van der Waals surface area (Å²) in [4.78, 5) is 29.5. The quantitative estimate of drug-likeness (QED) is 0.420.